The van der Waals surface area contributed by atoms with Crippen LogP contribution < -0.4 is 4.74 Å². The lowest BCUT2D eigenvalue weighted by atomic mass is 9.97. The van der Waals surface area contributed by atoms with Crippen molar-refractivity contribution in [3.63, 3.8) is 0 Å². The van der Waals surface area contributed by atoms with Crippen LogP contribution in [0, 0.1) is 5.92 Å². The molecule has 1 heterocycles. The van der Waals surface area contributed by atoms with Gasteiger partial charge >= 0.3 is 5.97 Å². The summed E-state index contributed by atoms with van der Waals surface area (Å²) in [5, 5.41) is 1.37. The summed E-state index contributed by atoms with van der Waals surface area (Å²) in [5.74, 6) is 1.67. The molecule has 2 aromatic rings. The second-order valence-corrected chi connectivity index (χ2v) is 11.2. The maximum atomic E-state index is 12.5. The summed E-state index contributed by atoms with van der Waals surface area (Å²) in [6, 6.07) is 11.5. The minimum Gasteiger partial charge on any atom is -0.493 e. The predicted molar refractivity (Wildman–Crippen MR) is 134 cm³/mol. The highest BCUT2D eigenvalue weighted by Crippen LogP contribution is 2.45. The van der Waals surface area contributed by atoms with Gasteiger partial charge in [-0.3, -0.25) is 4.90 Å². The lowest BCUT2D eigenvalue weighted by Gasteiger charge is -2.32. The smallest absolute Gasteiger partial charge is 0.338 e. The zero-order chi connectivity index (χ0) is 23.6. The van der Waals surface area contributed by atoms with Gasteiger partial charge in [-0.1, -0.05) is 23.2 Å². The van der Waals surface area contributed by atoms with Gasteiger partial charge in [0.1, 0.15) is 11.4 Å². The second-order valence-electron chi connectivity index (χ2n) is 10.3. The summed E-state index contributed by atoms with van der Waals surface area (Å²) in [4.78, 5) is 14.9. The molecule has 0 atom stereocenters. The number of carbonyl (C=O) groups excluding carboxylic acids is 1. The van der Waals surface area contributed by atoms with Crippen molar-refractivity contribution in [1.82, 2.24) is 4.90 Å². The molecule has 178 valence electrons. The minimum atomic E-state index is -0.500. The molecule has 0 amide bonds. The topological polar surface area (TPSA) is 38.8 Å². The first-order chi connectivity index (χ1) is 15.7. The minimum absolute atomic E-state index is 0.274. The van der Waals surface area contributed by atoms with Gasteiger partial charge in [-0.2, -0.15) is 0 Å². The van der Waals surface area contributed by atoms with Crippen LogP contribution in [0.4, 0.5) is 0 Å². The second kappa shape index (κ2) is 10.2. The molecule has 1 saturated carbocycles. The van der Waals surface area contributed by atoms with Gasteiger partial charge in [0.15, 0.2) is 0 Å². The van der Waals surface area contributed by atoms with E-state index in [1.54, 1.807) is 6.07 Å². The highest BCUT2D eigenvalue weighted by atomic mass is 35.5. The van der Waals surface area contributed by atoms with Crippen molar-refractivity contribution in [2.45, 2.75) is 64.5 Å². The molecule has 1 saturated heterocycles. The van der Waals surface area contributed by atoms with Crippen LogP contribution in [0.3, 0.4) is 0 Å². The highest BCUT2D eigenvalue weighted by Gasteiger charge is 2.29. The van der Waals surface area contributed by atoms with E-state index in [0.29, 0.717) is 34.1 Å². The summed E-state index contributed by atoms with van der Waals surface area (Å²) in [5.41, 5.74) is 2.41. The fraction of sp³-hybridized carbons (Fsp3) is 0.519. The molecule has 4 rings (SSSR count). The molecule has 33 heavy (non-hydrogen) atoms. The lowest BCUT2D eigenvalue weighted by molar-refractivity contribution is 0.00693. The van der Waals surface area contributed by atoms with Crippen LogP contribution in [0.1, 0.15) is 73.9 Å². The Labute approximate surface area is 207 Å². The number of ether oxygens (including phenoxy) is 2. The zero-order valence-electron chi connectivity index (χ0n) is 19.7. The standard InChI is InChI=1S/C27H33Cl2NO3/c1-27(2,3)33-26(31)21-6-7-25(24(14-21)20-4-5-20)32-17-18-8-10-30(11-9-18)16-19-12-22(28)15-23(29)13-19/h6-7,12-15,18,20H,4-5,8-11,16-17H2,1-3H3. The maximum Gasteiger partial charge on any atom is 0.338 e. The van der Waals surface area contributed by atoms with Crippen LogP contribution in [0.5, 0.6) is 5.75 Å². The number of rotatable bonds is 7. The first-order valence-electron chi connectivity index (χ1n) is 11.8. The van der Waals surface area contributed by atoms with Crippen LogP contribution in [0.25, 0.3) is 0 Å². The fourth-order valence-corrected chi connectivity index (χ4v) is 4.91. The van der Waals surface area contributed by atoms with Crippen LogP contribution >= 0.6 is 23.2 Å². The number of hydrogen-bond donors (Lipinski definition) is 0. The Bertz CT molecular complexity index is 969. The monoisotopic (exact) mass is 489 g/mol. The van der Waals surface area contributed by atoms with Crippen molar-refractivity contribution in [3.05, 3.63) is 63.1 Å². The lowest BCUT2D eigenvalue weighted by Crippen LogP contribution is -2.35. The molecule has 2 aliphatic rings. The third-order valence-corrected chi connectivity index (χ3v) is 6.61. The Kier molecular flexibility index (Phi) is 7.57. The van der Waals surface area contributed by atoms with E-state index in [9.17, 15) is 4.79 Å². The molecule has 0 unspecified atom stereocenters. The molecule has 0 spiro atoms. The molecule has 2 aromatic carbocycles. The van der Waals surface area contributed by atoms with Gasteiger partial charge in [-0.25, -0.2) is 4.79 Å². The van der Waals surface area contributed by atoms with Gasteiger partial charge in [0, 0.05) is 16.6 Å². The molecule has 0 bridgehead atoms. The summed E-state index contributed by atoms with van der Waals surface area (Å²) in [7, 11) is 0. The largest absolute Gasteiger partial charge is 0.493 e. The van der Waals surface area contributed by atoms with Crippen molar-refractivity contribution in [2.75, 3.05) is 19.7 Å². The molecule has 0 N–H and O–H groups in total. The summed E-state index contributed by atoms with van der Waals surface area (Å²) >= 11 is 12.3. The number of piperidine rings is 1. The summed E-state index contributed by atoms with van der Waals surface area (Å²) in [6.45, 7) is 9.31. The van der Waals surface area contributed by atoms with Crippen molar-refractivity contribution < 1.29 is 14.3 Å². The Hall–Kier alpha value is -1.75. The van der Waals surface area contributed by atoms with E-state index in [1.165, 1.54) is 0 Å². The fourth-order valence-electron chi connectivity index (χ4n) is 4.34. The van der Waals surface area contributed by atoms with Crippen LogP contribution in [-0.2, 0) is 11.3 Å². The third kappa shape index (κ3) is 7.11. The molecular weight excluding hydrogens is 457 g/mol. The molecule has 4 nitrogen and oxygen atoms in total. The van der Waals surface area contributed by atoms with E-state index < -0.39 is 5.60 Å². The number of halogens is 2. The highest BCUT2D eigenvalue weighted by molar-refractivity contribution is 6.34. The van der Waals surface area contributed by atoms with E-state index in [4.69, 9.17) is 32.7 Å². The van der Waals surface area contributed by atoms with Crippen molar-refractivity contribution >= 4 is 29.2 Å². The van der Waals surface area contributed by atoms with Crippen molar-refractivity contribution in [1.29, 1.82) is 0 Å². The van der Waals surface area contributed by atoms with Crippen molar-refractivity contribution in [3.8, 4) is 5.75 Å². The number of esters is 1. The average Bonchev–Trinajstić information content (AvgIpc) is 3.56. The van der Waals surface area contributed by atoms with Gasteiger partial charge in [0.2, 0.25) is 0 Å². The summed E-state index contributed by atoms with van der Waals surface area (Å²) < 4.78 is 11.8. The number of likely N-dealkylation sites (tertiary alicyclic amines) is 1. The molecular formula is C27H33Cl2NO3. The Morgan fingerprint density at radius 1 is 1.00 bits per heavy atom. The van der Waals surface area contributed by atoms with Gasteiger partial charge in [-0.15, -0.1) is 0 Å². The van der Waals surface area contributed by atoms with E-state index in [-0.39, 0.29) is 5.97 Å². The van der Waals surface area contributed by atoms with E-state index in [2.05, 4.69) is 4.90 Å². The summed E-state index contributed by atoms with van der Waals surface area (Å²) in [6.07, 6.45) is 4.51. The number of benzene rings is 2. The molecule has 0 radical (unpaired) electrons. The van der Waals surface area contributed by atoms with E-state index >= 15 is 0 Å². The first kappa shape index (κ1) is 24.4. The number of hydrogen-bond acceptors (Lipinski definition) is 4. The van der Waals surface area contributed by atoms with Gasteiger partial charge in [-0.05, 0) is 119 Å². The number of nitrogens with zero attached hydrogens (tertiary/aromatic N) is 1. The normalized spacial score (nSPS) is 17.7. The van der Waals surface area contributed by atoms with Gasteiger partial charge in [0.05, 0.1) is 12.2 Å². The maximum absolute atomic E-state index is 12.5. The Morgan fingerprint density at radius 3 is 2.27 bits per heavy atom. The number of carbonyl (C=O) groups is 1. The molecule has 2 fully saturated rings. The zero-order valence-corrected chi connectivity index (χ0v) is 21.2. The van der Waals surface area contributed by atoms with Crippen LogP contribution in [0.15, 0.2) is 36.4 Å². The molecule has 1 aliphatic carbocycles. The van der Waals surface area contributed by atoms with Gasteiger partial charge < -0.3 is 9.47 Å². The van der Waals surface area contributed by atoms with Crippen molar-refractivity contribution in [2.24, 2.45) is 5.92 Å². The van der Waals surface area contributed by atoms with E-state index in [1.807, 2.05) is 51.1 Å². The van der Waals surface area contributed by atoms with Crippen LogP contribution in [0.2, 0.25) is 10.0 Å². The van der Waals surface area contributed by atoms with Gasteiger partial charge in [0.25, 0.3) is 0 Å². The predicted octanol–water partition coefficient (Wildman–Crippen LogP) is 7.12. The molecule has 1 aliphatic heterocycles. The van der Waals surface area contributed by atoms with E-state index in [0.717, 1.165) is 62.2 Å². The molecule has 0 aromatic heterocycles. The third-order valence-electron chi connectivity index (χ3n) is 6.17. The quantitative estimate of drug-likeness (QED) is 0.388. The average molecular weight is 490 g/mol. The van der Waals surface area contributed by atoms with Crippen LogP contribution in [-0.4, -0.2) is 36.2 Å². The SMILES string of the molecule is CC(C)(C)OC(=O)c1ccc(OCC2CCN(Cc3cc(Cl)cc(Cl)c3)CC2)c(C2CC2)c1. The Balaban J connectivity index is 1.31. The Morgan fingerprint density at radius 2 is 1.67 bits per heavy atom. The first-order valence-corrected chi connectivity index (χ1v) is 12.6. The molecule has 6 heteroatoms.